The molecule has 0 amide bonds. The lowest BCUT2D eigenvalue weighted by Crippen LogP contribution is -2.45. The van der Waals surface area contributed by atoms with E-state index in [0.29, 0.717) is 0 Å². The van der Waals surface area contributed by atoms with Gasteiger partial charge in [-0.05, 0) is 34.1 Å². The summed E-state index contributed by atoms with van der Waals surface area (Å²) >= 11 is 0. The van der Waals surface area contributed by atoms with Crippen molar-refractivity contribution in [2.75, 3.05) is 20.2 Å². The van der Waals surface area contributed by atoms with Gasteiger partial charge in [0, 0.05) is 12.3 Å². The van der Waals surface area contributed by atoms with E-state index in [-0.39, 0.29) is 6.42 Å². The van der Waals surface area contributed by atoms with E-state index in [0.717, 1.165) is 16.8 Å². The molecule has 18 heteroatoms. The molecule has 1 saturated heterocycles. The number of rotatable bonds is 13. The number of H-pyrrole nitrogens is 1. The molecule has 1 aromatic heterocycles. The molecule has 222 valence electrons. The van der Waals surface area contributed by atoms with Gasteiger partial charge in [0.05, 0.1) is 18.8 Å². The summed E-state index contributed by atoms with van der Waals surface area (Å²) in [5.41, 5.74) is -3.62. The molecular weight excluding hydrogens is 554 g/mol. The van der Waals surface area contributed by atoms with E-state index in [1.807, 2.05) is 4.98 Å². The number of phosphoric acid groups is 1. The Morgan fingerprint density at radius 1 is 1.10 bits per heavy atom. The number of aliphatic hydroxyl groups excluding tert-OH is 1. The number of alkyl halides is 1. The van der Waals surface area contributed by atoms with Crippen molar-refractivity contribution in [2.24, 2.45) is 0 Å². The summed E-state index contributed by atoms with van der Waals surface area (Å²) in [6, 6.07) is 0.955. The van der Waals surface area contributed by atoms with Crippen LogP contribution in [0.4, 0.5) is 14.0 Å². The van der Waals surface area contributed by atoms with Crippen LogP contribution in [0.25, 0.3) is 0 Å². The number of halogens is 1. The minimum atomic E-state index is -4.76. The van der Waals surface area contributed by atoms with Crippen molar-refractivity contribution in [3.8, 4) is 0 Å². The molecule has 1 aliphatic heterocycles. The van der Waals surface area contributed by atoms with Crippen LogP contribution in [-0.4, -0.2) is 77.2 Å². The Morgan fingerprint density at radius 3 is 2.10 bits per heavy atom. The number of nitrogens with zero attached hydrogens (tertiary/aromatic N) is 1. The number of aromatic amines is 1. The van der Waals surface area contributed by atoms with Gasteiger partial charge >= 0.3 is 25.8 Å². The topological polar surface area (TPSA) is 200 Å². The number of nitrogens with one attached hydrogen (secondary N) is 1. The monoisotopic (exact) mass is 586 g/mol. The van der Waals surface area contributed by atoms with Crippen LogP contribution in [0.1, 0.15) is 47.3 Å². The highest BCUT2D eigenvalue weighted by Gasteiger charge is 2.56. The fourth-order valence-electron chi connectivity index (χ4n) is 3.20. The van der Waals surface area contributed by atoms with Crippen LogP contribution in [-0.2, 0) is 41.8 Å². The van der Waals surface area contributed by atoms with Gasteiger partial charge in [-0.3, -0.25) is 18.9 Å². The number of hydrogen-bond acceptors (Lipinski definition) is 14. The molecule has 0 aliphatic carbocycles. The van der Waals surface area contributed by atoms with Crippen LogP contribution >= 0.6 is 7.82 Å². The molecule has 0 bridgehead atoms. The molecule has 0 spiro atoms. The number of phosphoric ester groups is 1. The third-order valence-electron chi connectivity index (χ3n) is 5.10. The highest BCUT2D eigenvalue weighted by Crippen LogP contribution is 2.52. The van der Waals surface area contributed by atoms with Crippen LogP contribution < -0.4 is 11.2 Å². The highest BCUT2D eigenvalue weighted by atomic mass is 31.2. The highest BCUT2D eigenvalue weighted by molar-refractivity contribution is 7.48. The second-order valence-corrected chi connectivity index (χ2v) is 10.3. The smallest absolute Gasteiger partial charge is 0.432 e. The van der Waals surface area contributed by atoms with Gasteiger partial charge in [-0.2, -0.15) is 0 Å². The molecule has 1 aliphatic rings. The van der Waals surface area contributed by atoms with Gasteiger partial charge in [0.2, 0.25) is 13.6 Å². The Hall–Kier alpha value is -2.82. The van der Waals surface area contributed by atoms with Gasteiger partial charge in [-0.15, -0.1) is 0 Å². The zero-order valence-electron chi connectivity index (χ0n) is 21.9. The predicted molar refractivity (Wildman–Crippen MR) is 126 cm³/mol. The van der Waals surface area contributed by atoms with Crippen LogP contribution in [0.3, 0.4) is 0 Å². The molecule has 2 rings (SSSR count). The minimum absolute atomic E-state index is 0.127. The summed E-state index contributed by atoms with van der Waals surface area (Å²) in [6.07, 6.45) is -8.30. The molecule has 2 N–H and O–H groups in total. The maximum atomic E-state index is 15.1. The van der Waals surface area contributed by atoms with E-state index >= 15 is 4.39 Å². The molecular formula is C21H32FN2O14P. The molecule has 0 aromatic carbocycles. The van der Waals surface area contributed by atoms with Crippen LogP contribution in [0.15, 0.2) is 21.9 Å². The molecule has 16 nitrogen and oxygen atoms in total. The quantitative estimate of drug-likeness (QED) is 0.193. The van der Waals surface area contributed by atoms with Gasteiger partial charge in [-0.25, -0.2) is 32.4 Å². The Balaban J connectivity index is 2.17. The first-order chi connectivity index (χ1) is 18.2. The van der Waals surface area contributed by atoms with Gasteiger partial charge in [0.25, 0.3) is 5.56 Å². The molecule has 0 unspecified atom stereocenters. The number of carbonyl (C=O) groups is 2. The summed E-state index contributed by atoms with van der Waals surface area (Å²) in [5.74, 6) is 0. The average molecular weight is 586 g/mol. The standard InChI is InChI=1S/C21H32FN2O14P/c1-6-21(16(26)15(22)17(38-21)24-8-7-14(25)23-18(24)27)9-33-39(30,34-10-31-19(28)36-12(2)3)35-11-32-20(29)37-13(4)5/h7-8,12-13,15-17,26H,6,9-11H2,1-5H3,(H,23,25,27)/t15-,16+,17-,21-/m1/s1. The average Bonchev–Trinajstić information content (AvgIpc) is 3.07. The number of ether oxygens (including phenoxy) is 5. The predicted octanol–water partition coefficient (Wildman–Crippen LogP) is 2.11. The molecule has 1 fully saturated rings. The largest absolute Gasteiger partial charge is 0.510 e. The van der Waals surface area contributed by atoms with Crippen molar-refractivity contribution >= 4 is 20.1 Å². The van der Waals surface area contributed by atoms with Gasteiger partial charge in [0.15, 0.2) is 12.4 Å². The van der Waals surface area contributed by atoms with Crippen molar-refractivity contribution < 1.29 is 60.9 Å². The number of aromatic nitrogens is 2. The first-order valence-electron chi connectivity index (χ1n) is 11.7. The first-order valence-corrected chi connectivity index (χ1v) is 13.2. The number of aliphatic hydroxyl groups is 1. The summed E-state index contributed by atoms with van der Waals surface area (Å²) in [4.78, 5) is 48.6. The Morgan fingerprint density at radius 2 is 1.64 bits per heavy atom. The lowest BCUT2D eigenvalue weighted by Gasteiger charge is -2.31. The summed E-state index contributed by atoms with van der Waals surface area (Å²) in [5, 5.41) is 10.6. The van der Waals surface area contributed by atoms with E-state index in [9.17, 15) is 28.8 Å². The first kappa shape index (κ1) is 32.4. The summed E-state index contributed by atoms with van der Waals surface area (Å²) in [6.45, 7) is 4.87. The molecule has 2 heterocycles. The molecule has 0 radical (unpaired) electrons. The van der Waals surface area contributed by atoms with Crippen molar-refractivity contribution in [3.63, 3.8) is 0 Å². The lowest BCUT2D eigenvalue weighted by atomic mass is 9.94. The van der Waals surface area contributed by atoms with Crippen molar-refractivity contribution in [3.05, 3.63) is 33.1 Å². The van der Waals surface area contributed by atoms with E-state index in [1.54, 1.807) is 27.7 Å². The van der Waals surface area contributed by atoms with Crippen LogP contribution in [0, 0.1) is 0 Å². The molecule has 1 aromatic rings. The zero-order chi connectivity index (χ0) is 29.4. The maximum Gasteiger partial charge on any atom is 0.510 e. The normalized spacial score (nSPS) is 23.2. The van der Waals surface area contributed by atoms with E-state index in [1.165, 1.54) is 6.92 Å². The van der Waals surface area contributed by atoms with Crippen molar-refractivity contribution in [2.45, 2.75) is 77.4 Å². The molecule has 4 atom stereocenters. The summed E-state index contributed by atoms with van der Waals surface area (Å²) < 4.78 is 68.5. The van der Waals surface area contributed by atoms with Gasteiger partial charge < -0.3 is 28.8 Å². The van der Waals surface area contributed by atoms with Gasteiger partial charge in [-0.1, -0.05) is 6.92 Å². The van der Waals surface area contributed by atoms with Gasteiger partial charge in [0.1, 0.15) is 11.7 Å². The van der Waals surface area contributed by atoms with E-state index < -0.39 is 87.9 Å². The van der Waals surface area contributed by atoms with Crippen molar-refractivity contribution in [1.29, 1.82) is 0 Å². The fourth-order valence-corrected chi connectivity index (χ4v) is 4.17. The van der Waals surface area contributed by atoms with E-state index in [4.69, 9.17) is 27.8 Å². The second kappa shape index (κ2) is 14.0. The SMILES string of the molecule is CC[C@]1(COP(=O)(OCOC(=O)OC(C)C)OCOC(=O)OC(C)C)O[C@@H](n2ccc(=O)[nH]c2=O)[C@H](F)[C@@H]1O. The number of carbonyl (C=O) groups excluding carboxylic acids is 2. The zero-order valence-corrected chi connectivity index (χ0v) is 22.8. The molecule has 39 heavy (non-hydrogen) atoms. The Labute approximate surface area is 221 Å². The minimum Gasteiger partial charge on any atom is -0.432 e. The lowest BCUT2D eigenvalue weighted by molar-refractivity contribution is -0.133. The third-order valence-corrected chi connectivity index (χ3v) is 6.39. The van der Waals surface area contributed by atoms with E-state index in [2.05, 4.69) is 9.47 Å². The van der Waals surface area contributed by atoms with Crippen molar-refractivity contribution in [1.82, 2.24) is 9.55 Å². The van der Waals surface area contributed by atoms with Crippen LogP contribution in [0.5, 0.6) is 0 Å². The Bertz CT molecular complexity index is 1110. The van der Waals surface area contributed by atoms with Crippen LogP contribution in [0.2, 0.25) is 0 Å². The summed E-state index contributed by atoms with van der Waals surface area (Å²) in [7, 11) is -4.76. The fraction of sp³-hybridized carbons (Fsp3) is 0.714. The third kappa shape index (κ3) is 9.12. The second-order valence-electron chi connectivity index (χ2n) is 8.67. The molecule has 0 saturated carbocycles. The maximum absolute atomic E-state index is 15.1. The Kier molecular flexibility index (Phi) is 11.6. The number of hydrogen-bond donors (Lipinski definition) is 2.